The molecule has 0 spiro atoms. The van der Waals surface area contributed by atoms with Gasteiger partial charge in [0.05, 0.1) is 0 Å². The van der Waals surface area contributed by atoms with Crippen molar-refractivity contribution in [3.8, 4) is 5.75 Å². The maximum atomic E-state index is 10.1. The van der Waals surface area contributed by atoms with Crippen molar-refractivity contribution in [1.29, 1.82) is 0 Å². The molecule has 8 heteroatoms. The van der Waals surface area contributed by atoms with Crippen molar-refractivity contribution in [3.63, 3.8) is 0 Å². The predicted octanol–water partition coefficient (Wildman–Crippen LogP) is 3.19. The van der Waals surface area contributed by atoms with Gasteiger partial charge in [0.1, 0.15) is 5.75 Å². The lowest BCUT2D eigenvalue weighted by atomic mass is 9.52. The molecule has 3 fully saturated rings. The van der Waals surface area contributed by atoms with E-state index in [0.717, 1.165) is 17.9 Å². The Kier molecular flexibility index (Phi) is 6.93. The maximum absolute atomic E-state index is 10.1. The normalized spacial score (nSPS) is 31.2. The van der Waals surface area contributed by atoms with Gasteiger partial charge in [-0.3, -0.25) is 14.0 Å². The average Bonchev–Trinajstić information content (AvgIpc) is 2.73. The fourth-order valence-corrected chi connectivity index (χ4v) is 6.87. The minimum absolute atomic E-state index is 0.362. The number of fused-ring (bicyclic) bond motifs is 1. The van der Waals surface area contributed by atoms with E-state index in [1.807, 2.05) is 6.07 Å². The van der Waals surface area contributed by atoms with Gasteiger partial charge in [0.25, 0.3) is 0 Å². The molecule has 174 valence electrons. The second-order valence-corrected chi connectivity index (χ2v) is 10.7. The van der Waals surface area contributed by atoms with E-state index >= 15 is 0 Å². The van der Waals surface area contributed by atoms with Crippen molar-refractivity contribution in [3.05, 3.63) is 29.3 Å². The topological polar surface area (TPSA) is 110 Å². The summed E-state index contributed by atoms with van der Waals surface area (Å²) in [5, 5.41) is 13.6. The molecule has 0 amide bonds. The summed E-state index contributed by atoms with van der Waals surface area (Å²) in [6, 6.07) is 6.99. The number of aromatic hydroxyl groups is 1. The first-order valence-electron chi connectivity index (χ1n) is 11.7. The van der Waals surface area contributed by atoms with Crippen molar-refractivity contribution in [2.75, 3.05) is 26.2 Å². The standard InChI is InChI=1S/C23H34N2O.H2O4S/c26-19-5-4-18-15-22-20-3-1-2-9-23(20,21(18)16-19)10-14-25(22)13-8-17-6-11-24-12-7-17;1-5(2,3)4/h4-5,16-17,20,22,24,26H,1-3,6-15H2;(H2,1,2,3,4)/t20-,22+,23+;/m0./s1. The zero-order valence-corrected chi connectivity index (χ0v) is 19.0. The van der Waals surface area contributed by atoms with E-state index in [1.54, 1.807) is 0 Å². The molecule has 2 bridgehead atoms. The zero-order valence-electron chi connectivity index (χ0n) is 18.2. The van der Waals surface area contributed by atoms with Crippen LogP contribution in [-0.2, 0) is 22.2 Å². The number of benzene rings is 1. The summed E-state index contributed by atoms with van der Waals surface area (Å²) in [4.78, 5) is 2.87. The van der Waals surface area contributed by atoms with E-state index in [4.69, 9.17) is 17.5 Å². The molecule has 1 aromatic rings. The molecule has 4 aliphatic rings. The van der Waals surface area contributed by atoms with Crippen molar-refractivity contribution in [2.45, 2.75) is 69.2 Å². The van der Waals surface area contributed by atoms with Crippen LogP contribution in [-0.4, -0.2) is 59.8 Å². The van der Waals surface area contributed by atoms with Crippen LogP contribution in [0.25, 0.3) is 0 Å². The SMILES string of the molecule is O=S(=O)(O)O.Oc1ccc2c(c1)[C@@]13CCCC[C@H]1[C@@H](C2)N(CCC1CCNCC1)CC3. The molecule has 0 aromatic heterocycles. The van der Waals surface area contributed by atoms with Gasteiger partial charge in [-0.1, -0.05) is 18.9 Å². The molecule has 2 aliphatic heterocycles. The third kappa shape index (κ3) is 5.25. The van der Waals surface area contributed by atoms with Crippen LogP contribution in [0, 0.1) is 11.8 Å². The monoisotopic (exact) mass is 452 g/mol. The molecular weight excluding hydrogens is 416 g/mol. The highest BCUT2D eigenvalue weighted by Gasteiger charge is 2.53. The third-order valence-electron chi connectivity index (χ3n) is 8.22. The van der Waals surface area contributed by atoms with Gasteiger partial charge in [0, 0.05) is 11.5 Å². The summed E-state index contributed by atoms with van der Waals surface area (Å²) in [6.45, 7) is 5.00. The zero-order chi connectivity index (χ0) is 22.1. The van der Waals surface area contributed by atoms with E-state index in [0.29, 0.717) is 11.2 Å². The van der Waals surface area contributed by atoms with Crippen molar-refractivity contribution in [2.24, 2.45) is 11.8 Å². The van der Waals surface area contributed by atoms with Gasteiger partial charge >= 0.3 is 10.4 Å². The molecule has 7 nitrogen and oxygen atoms in total. The van der Waals surface area contributed by atoms with Crippen LogP contribution in [0.2, 0.25) is 0 Å². The number of hydrogen-bond donors (Lipinski definition) is 4. The second kappa shape index (κ2) is 9.35. The van der Waals surface area contributed by atoms with Gasteiger partial charge < -0.3 is 10.4 Å². The lowest BCUT2D eigenvalue weighted by Crippen LogP contribution is -2.61. The first-order valence-corrected chi connectivity index (χ1v) is 13.1. The predicted molar refractivity (Wildman–Crippen MR) is 120 cm³/mol. The van der Waals surface area contributed by atoms with Crippen molar-refractivity contribution >= 4 is 10.4 Å². The molecule has 3 atom stereocenters. The fraction of sp³-hybridized carbons (Fsp3) is 0.739. The molecular formula is C23H36N2O5S. The van der Waals surface area contributed by atoms with Gasteiger partial charge in [0.15, 0.2) is 0 Å². The van der Waals surface area contributed by atoms with Gasteiger partial charge in [0.2, 0.25) is 0 Å². The number of nitrogens with zero attached hydrogens (tertiary/aromatic N) is 1. The number of rotatable bonds is 3. The van der Waals surface area contributed by atoms with E-state index < -0.39 is 10.4 Å². The summed E-state index contributed by atoms with van der Waals surface area (Å²) in [5.41, 5.74) is 3.40. The van der Waals surface area contributed by atoms with E-state index in [2.05, 4.69) is 22.3 Å². The Morgan fingerprint density at radius 3 is 2.58 bits per heavy atom. The number of nitrogens with one attached hydrogen (secondary N) is 1. The number of phenols is 1. The van der Waals surface area contributed by atoms with Crippen molar-refractivity contribution < 1.29 is 22.6 Å². The molecule has 1 saturated carbocycles. The smallest absolute Gasteiger partial charge is 0.394 e. The van der Waals surface area contributed by atoms with Crippen LogP contribution < -0.4 is 5.32 Å². The highest BCUT2D eigenvalue weighted by Crippen LogP contribution is 2.56. The van der Waals surface area contributed by atoms with Crippen LogP contribution in [0.3, 0.4) is 0 Å². The molecule has 2 saturated heterocycles. The minimum Gasteiger partial charge on any atom is -0.508 e. The van der Waals surface area contributed by atoms with Gasteiger partial charge in [-0.15, -0.1) is 0 Å². The van der Waals surface area contributed by atoms with Crippen LogP contribution in [0.15, 0.2) is 18.2 Å². The molecule has 5 rings (SSSR count). The Morgan fingerprint density at radius 2 is 1.84 bits per heavy atom. The number of hydrogen-bond acceptors (Lipinski definition) is 5. The summed E-state index contributed by atoms with van der Waals surface area (Å²) < 4.78 is 31.6. The molecule has 4 N–H and O–H groups in total. The number of likely N-dealkylation sites (tertiary alicyclic amines) is 1. The summed E-state index contributed by atoms with van der Waals surface area (Å²) in [7, 11) is -4.67. The molecule has 1 aromatic carbocycles. The third-order valence-corrected chi connectivity index (χ3v) is 8.22. The van der Waals surface area contributed by atoms with E-state index in [-0.39, 0.29) is 0 Å². The van der Waals surface area contributed by atoms with Crippen LogP contribution in [0.5, 0.6) is 5.75 Å². The first kappa shape index (κ1) is 23.0. The fourth-order valence-electron chi connectivity index (χ4n) is 6.87. The summed E-state index contributed by atoms with van der Waals surface area (Å²) in [5.74, 6) is 2.21. The minimum atomic E-state index is -4.67. The Labute approximate surface area is 185 Å². The lowest BCUT2D eigenvalue weighted by molar-refractivity contribution is -0.0141. The Morgan fingerprint density at radius 1 is 1.10 bits per heavy atom. The Bertz CT molecular complexity index is 863. The molecule has 0 unspecified atom stereocenters. The molecule has 2 aliphatic carbocycles. The van der Waals surface area contributed by atoms with E-state index in [1.165, 1.54) is 95.1 Å². The molecule has 31 heavy (non-hydrogen) atoms. The number of phenolic OH excluding ortho intramolecular Hbond substituents is 1. The van der Waals surface area contributed by atoms with Gasteiger partial charge in [-0.05, 0) is 106 Å². The molecule has 0 radical (unpaired) electrons. The largest absolute Gasteiger partial charge is 0.508 e. The van der Waals surface area contributed by atoms with Crippen LogP contribution in [0.4, 0.5) is 0 Å². The van der Waals surface area contributed by atoms with Crippen molar-refractivity contribution in [1.82, 2.24) is 10.2 Å². The van der Waals surface area contributed by atoms with Gasteiger partial charge in [-0.2, -0.15) is 8.42 Å². The molecule has 2 heterocycles. The van der Waals surface area contributed by atoms with Crippen LogP contribution in [0.1, 0.15) is 62.5 Å². The van der Waals surface area contributed by atoms with Crippen LogP contribution >= 0.6 is 0 Å². The second-order valence-electron chi connectivity index (χ2n) is 9.84. The maximum Gasteiger partial charge on any atom is 0.394 e. The average molecular weight is 453 g/mol. The summed E-state index contributed by atoms with van der Waals surface area (Å²) in [6.07, 6.45) is 12.1. The summed E-state index contributed by atoms with van der Waals surface area (Å²) >= 11 is 0. The first-order chi connectivity index (χ1) is 14.8. The Hall–Kier alpha value is -1.19. The van der Waals surface area contributed by atoms with Gasteiger partial charge in [-0.25, -0.2) is 0 Å². The lowest BCUT2D eigenvalue weighted by Gasteiger charge is -2.59. The highest BCUT2D eigenvalue weighted by atomic mass is 32.3. The number of piperidine rings is 2. The quantitative estimate of drug-likeness (QED) is 0.521. The van der Waals surface area contributed by atoms with E-state index in [9.17, 15) is 5.11 Å². The Balaban J connectivity index is 0.000000418. The highest BCUT2D eigenvalue weighted by molar-refractivity contribution is 7.79.